The van der Waals surface area contributed by atoms with Crippen LogP contribution in [0.15, 0.2) is 28.0 Å². The summed E-state index contributed by atoms with van der Waals surface area (Å²) in [5.41, 5.74) is 3.83. The van der Waals surface area contributed by atoms with E-state index in [2.05, 4.69) is 22.3 Å². The maximum Gasteiger partial charge on any atom is 0.192 e. The average molecular weight is 244 g/mol. The highest BCUT2D eigenvalue weighted by atomic mass is 32.1. The maximum absolute atomic E-state index is 5.53. The van der Waals surface area contributed by atoms with Gasteiger partial charge in [0.15, 0.2) is 11.5 Å². The molecule has 0 amide bonds. The minimum atomic E-state index is 0.699. The quantitative estimate of drug-likeness (QED) is 0.687. The molecule has 0 aliphatic heterocycles. The van der Waals surface area contributed by atoms with Crippen molar-refractivity contribution in [3.63, 3.8) is 0 Å². The van der Waals surface area contributed by atoms with Gasteiger partial charge in [-0.05, 0) is 18.6 Å². The summed E-state index contributed by atoms with van der Waals surface area (Å²) in [4.78, 5) is 8.85. The number of rotatable bonds is 2. The third-order valence-electron chi connectivity index (χ3n) is 2.65. The van der Waals surface area contributed by atoms with E-state index in [9.17, 15) is 0 Å². The van der Waals surface area contributed by atoms with E-state index >= 15 is 0 Å². The zero-order valence-corrected chi connectivity index (χ0v) is 10.5. The molecular weight excluding hydrogens is 232 g/mol. The SMILES string of the molecule is CCc1nc(-c2ccc3nc(C)oc3c2)cs1. The van der Waals surface area contributed by atoms with Gasteiger partial charge in [0.2, 0.25) is 0 Å². The van der Waals surface area contributed by atoms with Crippen LogP contribution in [0, 0.1) is 6.92 Å². The second-order valence-electron chi connectivity index (χ2n) is 3.90. The Labute approximate surface area is 103 Å². The monoisotopic (exact) mass is 244 g/mol. The fraction of sp³-hybridized carbons (Fsp3) is 0.231. The number of thiazole rings is 1. The lowest BCUT2D eigenvalue weighted by atomic mass is 10.1. The molecule has 0 N–H and O–H groups in total. The number of aromatic nitrogens is 2. The van der Waals surface area contributed by atoms with Crippen molar-refractivity contribution in [1.29, 1.82) is 0 Å². The molecule has 17 heavy (non-hydrogen) atoms. The summed E-state index contributed by atoms with van der Waals surface area (Å²) in [5.74, 6) is 0.699. The standard InChI is InChI=1S/C13H12N2OS/c1-3-13-15-11(7-17-13)9-4-5-10-12(6-9)16-8(2)14-10/h4-7H,3H2,1-2H3. The third-order valence-corrected chi connectivity index (χ3v) is 3.64. The first-order chi connectivity index (χ1) is 8.26. The zero-order valence-electron chi connectivity index (χ0n) is 9.73. The van der Waals surface area contributed by atoms with Gasteiger partial charge in [0.25, 0.3) is 0 Å². The number of nitrogens with zero attached hydrogens (tertiary/aromatic N) is 2. The van der Waals surface area contributed by atoms with E-state index in [0.29, 0.717) is 5.89 Å². The van der Waals surface area contributed by atoms with Gasteiger partial charge in [0.05, 0.1) is 10.7 Å². The average Bonchev–Trinajstić information content (AvgIpc) is 2.92. The van der Waals surface area contributed by atoms with E-state index in [4.69, 9.17) is 4.42 Å². The lowest BCUT2D eigenvalue weighted by molar-refractivity contribution is 0.561. The van der Waals surface area contributed by atoms with Crippen LogP contribution in [0.5, 0.6) is 0 Å². The minimum absolute atomic E-state index is 0.699. The number of hydrogen-bond acceptors (Lipinski definition) is 4. The smallest absolute Gasteiger partial charge is 0.192 e. The number of hydrogen-bond donors (Lipinski definition) is 0. The maximum atomic E-state index is 5.53. The van der Waals surface area contributed by atoms with Crippen LogP contribution in [0.4, 0.5) is 0 Å². The van der Waals surface area contributed by atoms with E-state index in [1.165, 1.54) is 0 Å². The van der Waals surface area contributed by atoms with E-state index in [1.807, 2.05) is 25.1 Å². The third kappa shape index (κ3) is 1.85. The second-order valence-corrected chi connectivity index (χ2v) is 4.84. The molecular formula is C13H12N2OS. The van der Waals surface area contributed by atoms with Gasteiger partial charge in [-0.2, -0.15) is 0 Å². The highest BCUT2D eigenvalue weighted by molar-refractivity contribution is 7.09. The Hall–Kier alpha value is -1.68. The summed E-state index contributed by atoms with van der Waals surface area (Å²) >= 11 is 1.70. The Morgan fingerprint density at radius 1 is 1.29 bits per heavy atom. The van der Waals surface area contributed by atoms with E-state index in [-0.39, 0.29) is 0 Å². The molecule has 0 fully saturated rings. The molecule has 3 nitrogen and oxygen atoms in total. The Balaban J connectivity index is 2.10. The highest BCUT2D eigenvalue weighted by Gasteiger charge is 2.07. The van der Waals surface area contributed by atoms with Gasteiger partial charge in [-0.15, -0.1) is 11.3 Å². The van der Waals surface area contributed by atoms with Crippen molar-refractivity contribution in [1.82, 2.24) is 9.97 Å². The van der Waals surface area contributed by atoms with Gasteiger partial charge in [-0.1, -0.05) is 13.0 Å². The van der Waals surface area contributed by atoms with Gasteiger partial charge >= 0.3 is 0 Å². The molecule has 0 aliphatic rings. The molecule has 0 aliphatic carbocycles. The van der Waals surface area contributed by atoms with Crippen LogP contribution < -0.4 is 0 Å². The molecule has 4 heteroatoms. The number of aryl methyl sites for hydroxylation is 2. The molecule has 3 aromatic rings. The fourth-order valence-corrected chi connectivity index (χ4v) is 2.56. The first-order valence-corrected chi connectivity index (χ1v) is 6.46. The summed E-state index contributed by atoms with van der Waals surface area (Å²) in [6, 6.07) is 6.02. The molecule has 0 atom stereocenters. The van der Waals surface area contributed by atoms with Crippen molar-refractivity contribution >= 4 is 22.4 Å². The van der Waals surface area contributed by atoms with E-state index in [1.54, 1.807) is 11.3 Å². The van der Waals surface area contributed by atoms with Crippen molar-refractivity contribution < 1.29 is 4.42 Å². The van der Waals surface area contributed by atoms with Crippen LogP contribution in [-0.2, 0) is 6.42 Å². The Kier molecular flexibility index (Phi) is 2.44. The Morgan fingerprint density at radius 2 is 2.18 bits per heavy atom. The molecule has 2 aromatic heterocycles. The van der Waals surface area contributed by atoms with Gasteiger partial charge in [-0.25, -0.2) is 9.97 Å². The molecule has 0 bridgehead atoms. The Bertz CT molecular complexity index is 669. The van der Waals surface area contributed by atoms with Gasteiger partial charge in [-0.3, -0.25) is 0 Å². The molecule has 0 radical (unpaired) electrons. The molecule has 0 unspecified atom stereocenters. The summed E-state index contributed by atoms with van der Waals surface area (Å²) in [5, 5.41) is 3.25. The van der Waals surface area contributed by atoms with Crippen molar-refractivity contribution in [2.45, 2.75) is 20.3 Å². The Morgan fingerprint density at radius 3 is 2.94 bits per heavy atom. The largest absolute Gasteiger partial charge is 0.441 e. The summed E-state index contributed by atoms with van der Waals surface area (Å²) in [6.45, 7) is 3.98. The second kappa shape index (κ2) is 3.96. The molecule has 0 spiro atoms. The van der Waals surface area contributed by atoms with Gasteiger partial charge < -0.3 is 4.42 Å². The molecule has 0 saturated carbocycles. The summed E-state index contributed by atoms with van der Waals surface area (Å²) < 4.78 is 5.53. The molecule has 2 heterocycles. The van der Waals surface area contributed by atoms with E-state index in [0.717, 1.165) is 33.8 Å². The lowest BCUT2D eigenvalue weighted by Crippen LogP contribution is -1.80. The van der Waals surface area contributed by atoms with E-state index < -0.39 is 0 Å². The topological polar surface area (TPSA) is 38.9 Å². The first kappa shape index (κ1) is 10.5. The summed E-state index contributed by atoms with van der Waals surface area (Å²) in [6.07, 6.45) is 0.980. The molecule has 3 rings (SSSR count). The van der Waals surface area contributed by atoms with Crippen molar-refractivity contribution in [3.8, 4) is 11.3 Å². The first-order valence-electron chi connectivity index (χ1n) is 5.58. The number of fused-ring (bicyclic) bond motifs is 1. The van der Waals surface area contributed by atoms with Crippen molar-refractivity contribution in [2.75, 3.05) is 0 Å². The van der Waals surface area contributed by atoms with Gasteiger partial charge in [0, 0.05) is 17.9 Å². The van der Waals surface area contributed by atoms with Crippen LogP contribution in [-0.4, -0.2) is 9.97 Å². The predicted octanol–water partition coefficient (Wildman–Crippen LogP) is 3.82. The zero-order chi connectivity index (χ0) is 11.8. The summed E-state index contributed by atoms with van der Waals surface area (Å²) in [7, 11) is 0. The predicted molar refractivity (Wildman–Crippen MR) is 69.2 cm³/mol. The molecule has 1 aromatic carbocycles. The fourth-order valence-electron chi connectivity index (χ4n) is 1.81. The normalized spacial score (nSPS) is 11.2. The van der Waals surface area contributed by atoms with Crippen LogP contribution in [0.1, 0.15) is 17.8 Å². The lowest BCUT2D eigenvalue weighted by Gasteiger charge is -1.95. The van der Waals surface area contributed by atoms with Crippen LogP contribution in [0.2, 0.25) is 0 Å². The highest BCUT2D eigenvalue weighted by Crippen LogP contribution is 2.26. The number of benzene rings is 1. The number of oxazole rings is 1. The molecule has 0 saturated heterocycles. The van der Waals surface area contributed by atoms with Crippen LogP contribution in [0.3, 0.4) is 0 Å². The van der Waals surface area contributed by atoms with Crippen LogP contribution >= 0.6 is 11.3 Å². The van der Waals surface area contributed by atoms with Crippen LogP contribution in [0.25, 0.3) is 22.4 Å². The van der Waals surface area contributed by atoms with Gasteiger partial charge in [0.1, 0.15) is 5.52 Å². The van der Waals surface area contributed by atoms with Crippen molar-refractivity contribution in [3.05, 3.63) is 34.5 Å². The molecule has 86 valence electrons. The van der Waals surface area contributed by atoms with Crippen molar-refractivity contribution in [2.24, 2.45) is 0 Å². The minimum Gasteiger partial charge on any atom is -0.441 e.